The fourth-order valence-electron chi connectivity index (χ4n) is 1.50. The van der Waals surface area contributed by atoms with Crippen LogP contribution in [-0.4, -0.2) is 20.3 Å². The third-order valence-electron chi connectivity index (χ3n) is 2.54. The van der Waals surface area contributed by atoms with Gasteiger partial charge in [-0.3, -0.25) is 0 Å². The fourth-order valence-corrected chi connectivity index (χ4v) is 1.50. The zero-order valence-corrected chi connectivity index (χ0v) is 10.5. The maximum Gasteiger partial charge on any atom is 0.0502 e. The van der Waals surface area contributed by atoms with Gasteiger partial charge in [-0.05, 0) is 43.5 Å². The van der Waals surface area contributed by atoms with Gasteiger partial charge in [-0.15, -0.1) is 0 Å². The third kappa shape index (κ3) is 6.11. The minimum atomic E-state index is 0.760. The summed E-state index contributed by atoms with van der Waals surface area (Å²) in [5.41, 5.74) is 7.79. The zero-order chi connectivity index (χ0) is 12.3. The Morgan fingerprint density at radius 1 is 1.18 bits per heavy atom. The van der Waals surface area contributed by atoms with E-state index in [-0.39, 0.29) is 0 Å². The van der Waals surface area contributed by atoms with E-state index in [4.69, 9.17) is 10.5 Å². The second-order valence-electron chi connectivity index (χ2n) is 3.99. The van der Waals surface area contributed by atoms with Gasteiger partial charge in [-0.2, -0.15) is 0 Å². The van der Waals surface area contributed by atoms with Crippen LogP contribution in [0.25, 0.3) is 0 Å². The second-order valence-corrected chi connectivity index (χ2v) is 3.99. The monoisotopic (exact) mass is 231 g/mol. The number of benzene rings is 1. The maximum absolute atomic E-state index is 5.42. The molecule has 0 saturated heterocycles. The minimum Gasteiger partial charge on any atom is -0.384 e. The highest BCUT2D eigenvalue weighted by Crippen LogP contribution is 2.04. The molecule has 17 heavy (non-hydrogen) atoms. The summed E-state index contributed by atoms with van der Waals surface area (Å²) in [6.07, 6.45) is 4.05. The summed E-state index contributed by atoms with van der Waals surface area (Å²) >= 11 is 0. The van der Waals surface area contributed by atoms with Crippen molar-refractivity contribution in [2.45, 2.75) is 25.7 Å². The Morgan fingerprint density at radius 3 is 2.59 bits per heavy atom. The van der Waals surface area contributed by atoms with Gasteiger partial charge in [0, 0.05) is 19.1 Å². The SMILES string of the molecule is COCCc1ccc(C#CCCCCN)cc1. The van der Waals surface area contributed by atoms with E-state index in [9.17, 15) is 0 Å². The Morgan fingerprint density at radius 2 is 1.94 bits per heavy atom. The first kappa shape index (κ1) is 13.8. The Labute approximate surface area is 104 Å². The first-order chi connectivity index (χ1) is 8.36. The van der Waals surface area contributed by atoms with Crippen molar-refractivity contribution in [1.82, 2.24) is 0 Å². The molecule has 0 aliphatic heterocycles. The van der Waals surface area contributed by atoms with Gasteiger partial charge in [0.05, 0.1) is 6.61 Å². The van der Waals surface area contributed by atoms with Crippen LogP contribution in [0.3, 0.4) is 0 Å². The lowest BCUT2D eigenvalue weighted by molar-refractivity contribution is 0.202. The van der Waals surface area contributed by atoms with Crippen molar-refractivity contribution in [2.75, 3.05) is 20.3 Å². The van der Waals surface area contributed by atoms with Gasteiger partial charge in [0.2, 0.25) is 0 Å². The predicted octanol–water partition coefficient (Wildman–Crippen LogP) is 2.36. The normalized spacial score (nSPS) is 9.76. The Bertz CT molecular complexity index is 359. The lowest BCUT2D eigenvalue weighted by atomic mass is 10.1. The number of hydrogen-bond acceptors (Lipinski definition) is 2. The Hall–Kier alpha value is -1.30. The molecule has 1 rings (SSSR count). The van der Waals surface area contributed by atoms with Crippen LogP contribution in [0.1, 0.15) is 30.4 Å². The molecule has 0 heterocycles. The number of hydrogen-bond donors (Lipinski definition) is 1. The van der Waals surface area contributed by atoms with Gasteiger partial charge in [-0.1, -0.05) is 24.0 Å². The minimum absolute atomic E-state index is 0.760. The van der Waals surface area contributed by atoms with Crippen molar-refractivity contribution >= 4 is 0 Å². The molecule has 0 radical (unpaired) electrons. The topological polar surface area (TPSA) is 35.2 Å². The lowest BCUT2D eigenvalue weighted by Gasteiger charge is -1.99. The van der Waals surface area contributed by atoms with Gasteiger partial charge in [0.1, 0.15) is 0 Å². The molecular formula is C15H21NO. The number of methoxy groups -OCH3 is 1. The van der Waals surface area contributed by atoms with Gasteiger partial charge >= 0.3 is 0 Å². The smallest absolute Gasteiger partial charge is 0.0502 e. The summed E-state index contributed by atoms with van der Waals surface area (Å²) in [6, 6.07) is 8.37. The summed E-state index contributed by atoms with van der Waals surface area (Å²) in [5, 5.41) is 0. The molecule has 0 atom stereocenters. The molecule has 0 bridgehead atoms. The Balaban J connectivity index is 2.39. The van der Waals surface area contributed by atoms with Crippen LogP contribution in [0.5, 0.6) is 0 Å². The van der Waals surface area contributed by atoms with Crippen molar-refractivity contribution < 1.29 is 4.74 Å². The highest BCUT2D eigenvalue weighted by Gasteiger charge is 1.92. The van der Waals surface area contributed by atoms with Crippen molar-refractivity contribution in [3.05, 3.63) is 35.4 Å². The van der Waals surface area contributed by atoms with Crippen LogP contribution in [0, 0.1) is 11.8 Å². The van der Waals surface area contributed by atoms with Crippen molar-refractivity contribution in [1.29, 1.82) is 0 Å². The Kier molecular flexibility index (Phi) is 7.13. The molecule has 2 heteroatoms. The summed E-state index contributed by atoms with van der Waals surface area (Å²) in [6.45, 7) is 1.53. The number of rotatable bonds is 6. The van der Waals surface area contributed by atoms with Crippen molar-refractivity contribution in [2.24, 2.45) is 5.73 Å². The molecule has 92 valence electrons. The summed E-state index contributed by atoms with van der Waals surface area (Å²) in [4.78, 5) is 0. The molecule has 2 N–H and O–H groups in total. The van der Waals surface area contributed by atoms with E-state index in [1.165, 1.54) is 5.56 Å². The average molecular weight is 231 g/mol. The lowest BCUT2D eigenvalue weighted by Crippen LogP contribution is -1.96. The molecule has 2 nitrogen and oxygen atoms in total. The largest absolute Gasteiger partial charge is 0.384 e. The molecule has 1 aromatic rings. The highest BCUT2D eigenvalue weighted by atomic mass is 16.5. The van der Waals surface area contributed by atoms with E-state index in [0.717, 1.165) is 44.4 Å². The van der Waals surface area contributed by atoms with Crippen LogP contribution >= 0.6 is 0 Å². The molecule has 0 aliphatic carbocycles. The van der Waals surface area contributed by atoms with Gasteiger partial charge in [0.15, 0.2) is 0 Å². The number of unbranched alkanes of at least 4 members (excludes halogenated alkanes) is 2. The number of ether oxygens (including phenoxy) is 1. The van der Waals surface area contributed by atoms with Crippen molar-refractivity contribution in [3.8, 4) is 11.8 Å². The van der Waals surface area contributed by atoms with Gasteiger partial charge in [-0.25, -0.2) is 0 Å². The van der Waals surface area contributed by atoms with Gasteiger partial charge in [0.25, 0.3) is 0 Å². The summed E-state index contributed by atoms with van der Waals surface area (Å²) in [5.74, 6) is 6.33. The van der Waals surface area contributed by atoms with E-state index in [1.807, 2.05) is 0 Å². The summed E-state index contributed by atoms with van der Waals surface area (Å²) in [7, 11) is 1.72. The third-order valence-corrected chi connectivity index (χ3v) is 2.54. The van der Waals surface area contributed by atoms with Crippen LogP contribution in [-0.2, 0) is 11.2 Å². The predicted molar refractivity (Wildman–Crippen MR) is 71.8 cm³/mol. The molecular weight excluding hydrogens is 210 g/mol. The molecule has 0 saturated carbocycles. The zero-order valence-electron chi connectivity index (χ0n) is 10.5. The summed E-state index contributed by atoms with van der Waals surface area (Å²) < 4.78 is 5.04. The maximum atomic E-state index is 5.42. The standard InChI is InChI=1S/C15H21NO/c1-17-13-11-15-9-7-14(8-10-15)6-4-2-3-5-12-16/h7-10H,2-3,5,11-13,16H2,1H3. The molecule has 0 unspecified atom stereocenters. The van der Waals surface area contributed by atoms with Crippen molar-refractivity contribution in [3.63, 3.8) is 0 Å². The first-order valence-electron chi connectivity index (χ1n) is 6.13. The molecule has 0 aliphatic rings. The van der Waals surface area contributed by atoms with E-state index in [1.54, 1.807) is 7.11 Å². The molecule has 0 amide bonds. The highest BCUT2D eigenvalue weighted by molar-refractivity contribution is 5.36. The van der Waals surface area contributed by atoms with Crippen LogP contribution in [0.4, 0.5) is 0 Å². The van der Waals surface area contributed by atoms with Crippen LogP contribution < -0.4 is 5.73 Å². The molecule has 0 aromatic heterocycles. The second kappa shape index (κ2) is 8.81. The molecule has 0 fully saturated rings. The van der Waals surface area contributed by atoms with Gasteiger partial charge < -0.3 is 10.5 Å². The fraction of sp³-hybridized carbons (Fsp3) is 0.467. The first-order valence-corrected chi connectivity index (χ1v) is 6.13. The molecule has 0 spiro atoms. The molecule has 1 aromatic carbocycles. The van der Waals surface area contributed by atoms with E-state index in [2.05, 4.69) is 36.1 Å². The number of nitrogens with two attached hydrogens (primary N) is 1. The van der Waals surface area contributed by atoms with E-state index >= 15 is 0 Å². The average Bonchev–Trinajstić information content (AvgIpc) is 2.37. The van der Waals surface area contributed by atoms with E-state index < -0.39 is 0 Å². The quantitative estimate of drug-likeness (QED) is 0.602. The van der Waals surface area contributed by atoms with E-state index in [0.29, 0.717) is 0 Å². The van der Waals surface area contributed by atoms with Crippen LogP contribution in [0.15, 0.2) is 24.3 Å². The van der Waals surface area contributed by atoms with Crippen LogP contribution in [0.2, 0.25) is 0 Å².